The minimum absolute atomic E-state index is 0.170. The van der Waals surface area contributed by atoms with Crippen molar-refractivity contribution in [3.05, 3.63) is 39.8 Å². The van der Waals surface area contributed by atoms with Crippen LogP contribution in [0.5, 0.6) is 11.5 Å². The number of aryl methyl sites for hydroxylation is 1. The summed E-state index contributed by atoms with van der Waals surface area (Å²) in [5.74, 6) is 0.929. The summed E-state index contributed by atoms with van der Waals surface area (Å²) < 4.78 is 10.5. The molecule has 0 saturated carbocycles. The molecule has 1 amide bonds. The molecule has 0 radical (unpaired) electrons. The summed E-state index contributed by atoms with van der Waals surface area (Å²) >= 11 is 1.43. The summed E-state index contributed by atoms with van der Waals surface area (Å²) in [7, 11) is 0. The maximum Gasteiger partial charge on any atom is 0.256 e. The van der Waals surface area contributed by atoms with Gasteiger partial charge in [0.1, 0.15) is 11.1 Å². The van der Waals surface area contributed by atoms with E-state index in [0.717, 1.165) is 16.9 Å². The van der Waals surface area contributed by atoms with E-state index >= 15 is 0 Å². The van der Waals surface area contributed by atoms with E-state index in [1.165, 1.54) is 11.3 Å². The van der Waals surface area contributed by atoms with Crippen LogP contribution in [-0.2, 0) is 6.42 Å². The Balaban J connectivity index is 1.88. The minimum atomic E-state index is -0.265. The lowest BCUT2D eigenvalue weighted by Gasteiger charge is -2.05. The van der Waals surface area contributed by atoms with E-state index in [-0.39, 0.29) is 12.7 Å². The molecule has 1 aromatic heterocycles. The van der Waals surface area contributed by atoms with Gasteiger partial charge >= 0.3 is 0 Å². The minimum Gasteiger partial charge on any atom is -0.454 e. The van der Waals surface area contributed by atoms with Gasteiger partial charge in [-0.05, 0) is 37.1 Å². The molecule has 0 unspecified atom stereocenters. The number of thiophene rings is 1. The summed E-state index contributed by atoms with van der Waals surface area (Å²) in [6.45, 7) is 4.13. The van der Waals surface area contributed by atoms with Gasteiger partial charge in [-0.3, -0.25) is 4.79 Å². The average Bonchev–Trinajstić information content (AvgIpc) is 3.09. The van der Waals surface area contributed by atoms with Crippen molar-refractivity contribution in [2.24, 2.45) is 0 Å². The van der Waals surface area contributed by atoms with Gasteiger partial charge in [-0.15, -0.1) is 11.3 Å². The molecule has 1 aromatic carbocycles. The van der Waals surface area contributed by atoms with Crippen LogP contribution in [0.25, 0.3) is 0 Å². The number of hydrogen-bond donors (Lipinski definition) is 1. The second kappa shape index (κ2) is 5.70. The first kappa shape index (κ1) is 14.4. The summed E-state index contributed by atoms with van der Waals surface area (Å²) in [5, 5.41) is 12.7. The van der Waals surface area contributed by atoms with Gasteiger partial charge in [0.05, 0.1) is 5.56 Å². The summed E-state index contributed by atoms with van der Waals surface area (Å²) in [5.41, 5.74) is 2.02. The smallest absolute Gasteiger partial charge is 0.256 e. The molecule has 1 aliphatic rings. The second-order valence-corrected chi connectivity index (χ2v) is 6.05. The first-order chi connectivity index (χ1) is 10.6. The van der Waals surface area contributed by atoms with Gasteiger partial charge in [0.15, 0.2) is 11.5 Å². The van der Waals surface area contributed by atoms with Crippen molar-refractivity contribution in [2.75, 3.05) is 12.1 Å². The van der Waals surface area contributed by atoms with Crippen LogP contribution in [-0.4, -0.2) is 12.7 Å². The predicted molar refractivity (Wildman–Crippen MR) is 83.7 cm³/mol. The number of rotatable bonds is 3. The molecular weight excluding hydrogens is 300 g/mol. The topological polar surface area (TPSA) is 71.3 Å². The van der Waals surface area contributed by atoms with E-state index in [2.05, 4.69) is 11.4 Å². The number of hydrogen-bond acceptors (Lipinski definition) is 5. The zero-order chi connectivity index (χ0) is 15.7. The molecule has 2 aromatic rings. The maximum atomic E-state index is 12.4. The largest absolute Gasteiger partial charge is 0.454 e. The standard InChI is InChI=1S/C16H14N2O3S/c1-3-11-9(2)22-16(12(11)7-17)18-15(19)10-4-5-13-14(6-10)21-8-20-13/h4-6H,3,8H2,1-2H3,(H,18,19). The molecule has 0 spiro atoms. The molecule has 0 fully saturated rings. The van der Waals surface area contributed by atoms with Crippen molar-refractivity contribution in [3.63, 3.8) is 0 Å². The quantitative estimate of drug-likeness (QED) is 0.941. The molecule has 5 nitrogen and oxygen atoms in total. The van der Waals surface area contributed by atoms with Gasteiger partial charge in [-0.2, -0.15) is 5.26 Å². The molecule has 0 bridgehead atoms. The van der Waals surface area contributed by atoms with Crippen molar-refractivity contribution >= 4 is 22.2 Å². The fraction of sp³-hybridized carbons (Fsp3) is 0.250. The van der Waals surface area contributed by atoms with Crippen LogP contribution in [0.2, 0.25) is 0 Å². The maximum absolute atomic E-state index is 12.4. The molecule has 22 heavy (non-hydrogen) atoms. The van der Waals surface area contributed by atoms with Gasteiger partial charge in [-0.25, -0.2) is 0 Å². The Labute approximate surface area is 132 Å². The SMILES string of the molecule is CCc1c(C)sc(NC(=O)c2ccc3c(c2)OCO3)c1C#N. The Morgan fingerprint density at radius 3 is 2.91 bits per heavy atom. The molecule has 2 heterocycles. The molecule has 6 heteroatoms. The lowest BCUT2D eigenvalue weighted by molar-refractivity contribution is 0.102. The number of carbonyl (C=O) groups is 1. The van der Waals surface area contributed by atoms with Crippen LogP contribution < -0.4 is 14.8 Å². The van der Waals surface area contributed by atoms with Crippen molar-refractivity contribution in [1.82, 2.24) is 0 Å². The van der Waals surface area contributed by atoms with E-state index in [1.54, 1.807) is 18.2 Å². The first-order valence-corrected chi connectivity index (χ1v) is 7.69. The third-order valence-electron chi connectivity index (χ3n) is 3.54. The van der Waals surface area contributed by atoms with Crippen molar-refractivity contribution < 1.29 is 14.3 Å². The van der Waals surface area contributed by atoms with E-state index in [4.69, 9.17) is 9.47 Å². The molecule has 112 valence electrons. The third kappa shape index (κ3) is 2.40. The van der Waals surface area contributed by atoms with Crippen molar-refractivity contribution in [3.8, 4) is 17.6 Å². The zero-order valence-electron chi connectivity index (χ0n) is 12.2. The highest BCUT2D eigenvalue weighted by Crippen LogP contribution is 2.35. The monoisotopic (exact) mass is 314 g/mol. The van der Waals surface area contributed by atoms with E-state index in [1.807, 2.05) is 13.8 Å². The van der Waals surface area contributed by atoms with Gasteiger partial charge in [0.2, 0.25) is 6.79 Å². The molecule has 1 N–H and O–H groups in total. The molecule has 0 aliphatic carbocycles. The van der Waals surface area contributed by atoms with Gasteiger partial charge in [-0.1, -0.05) is 6.92 Å². The summed E-state index contributed by atoms with van der Waals surface area (Å²) in [6, 6.07) is 7.21. The lowest BCUT2D eigenvalue weighted by atomic mass is 10.1. The highest BCUT2D eigenvalue weighted by atomic mass is 32.1. The molecule has 1 aliphatic heterocycles. The summed E-state index contributed by atoms with van der Waals surface area (Å²) in [4.78, 5) is 13.4. The van der Waals surface area contributed by atoms with Crippen LogP contribution in [0.1, 0.15) is 33.3 Å². The third-order valence-corrected chi connectivity index (χ3v) is 4.60. The van der Waals surface area contributed by atoms with E-state index < -0.39 is 0 Å². The zero-order valence-corrected chi connectivity index (χ0v) is 13.0. The van der Waals surface area contributed by atoms with Crippen LogP contribution in [0.3, 0.4) is 0 Å². The second-order valence-electron chi connectivity index (χ2n) is 4.83. The normalized spacial score (nSPS) is 12.0. The lowest BCUT2D eigenvalue weighted by Crippen LogP contribution is -2.11. The van der Waals surface area contributed by atoms with E-state index in [9.17, 15) is 10.1 Å². The van der Waals surface area contributed by atoms with Crippen LogP contribution in [0.15, 0.2) is 18.2 Å². The molecule has 0 atom stereocenters. The summed E-state index contributed by atoms with van der Waals surface area (Å²) in [6.07, 6.45) is 0.769. The Kier molecular flexibility index (Phi) is 3.73. The van der Waals surface area contributed by atoms with Gasteiger partial charge in [0.25, 0.3) is 5.91 Å². The number of carbonyl (C=O) groups excluding carboxylic acids is 1. The highest BCUT2D eigenvalue weighted by molar-refractivity contribution is 7.16. The van der Waals surface area contributed by atoms with E-state index in [0.29, 0.717) is 27.6 Å². The number of benzene rings is 1. The average molecular weight is 314 g/mol. The van der Waals surface area contributed by atoms with Crippen LogP contribution >= 0.6 is 11.3 Å². The van der Waals surface area contributed by atoms with Crippen LogP contribution in [0.4, 0.5) is 5.00 Å². The fourth-order valence-electron chi connectivity index (χ4n) is 2.42. The van der Waals surface area contributed by atoms with Crippen molar-refractivity contribution in [1.29, 1.82) is 5.26 Å². The Bertz CT molecular complexity index is 789. The molecular formula is C16H14N2O3S. The highest BCUT2D eigenvalue weighted by Gasteiger charge is 2.19. The number of ether oxygens (including phenoxy) is 2. The number of anilines is 1. The number of nitrogens with one attached hydrogen (secondary N) is 1. The molecule has 0 saturated heterocycles. The van der Waals surface area contributed by atoms with Gasteiger partial charge in [0, 0.05) is 10.4 Å². The predicted octanol–water partition coefficient (Wildman–Crippen LogP) is 3.47. The fourth-order valence-corrected chi connectivity index (χ4v) is 3.51. The number of nitrogens with zero attached hydrogens (tertiary/aromatic N) is 1. The van der Waals surface area contributed by atoms with Gasteiger partial charge < -0.3 is 14.8 Å². The molecule has 3 rings (SSSR count). The Hall–Kier alpha value is -2.52. The number of amides is 1. The number of nitriles is 1. The Morgan fingerprint density at radius 1 is 1.41 bits per heavy atom. The number of fused-ring (bicyclic) bond motifs is 1. The van der Waals surface area contributed by atoms with Crippen molar-refractivity contribution in [2.45, 2.75) is 20.3 Å². The first-order valence-electron chi connectivity index (χ1n) is 6.87. The van der Waals surface area contributed by atoms with Crippen LogP contribution in [0, 0.1) is 18.3 Å². The Morgan fingerprint density at radius 2 is 2.18 bits per heavy atom.